The number of benzene rings is 2. The van der Waals surface area contributed by atoms with Crippen LogP contribution in [0.1, 0.15) is 5.56 Å². The number of nitrogens with one attached hydrogen (secondary N) is 1. The number of methoxy groups -OCH3 is 1. The van der Waals surface area contributed by atoms with Crippen molar-refractivity contribution >= 4 is 49.5 Å². The van der Waals surface area contributed by atoms with E-state index in [2.05, 4.69) is 37.2 Å². The number of aromatic hydroxyl groups is 1. The zero-order valence-corrected chi connectivity index (χ0v) is 14.8. The molecule has 0 atom stereocenters. The summed E-state index contributed by atoms with van der Waals surface area (Å²) in [5, 5.41) is 12.0. The van der Waals surface area contributed by atoms with E-state index in [1.54, 1.807) is 25.3 Å². The fourth-order valence-corrected chi connectivity index (χ4v) is 3.27. The van der Waals surface area contributed by atoms with Crippen LogP contribution in [0.2, 0.25) is 0 Å². The highest BCUT2D eigenvalue weighted by Gasteiger charge is 2.07. The number of hydrogen-bond donors (Lipinski definition) is 2. The van der Waals surface area contributed by atoms with Crippen molar-refractivity contribution in [2.75, 3.05) is 12.4 Å². The molecule has 0 radical (unpaired) electrons. The third-order valence-corrected chi connectivity index (χ3v) is 3.82. The van der Waals surface area contributed by atoms with Gasteiger partial charge in [0.25, 0.3) is 0 Å². The van der Waals surface area contributed by atoms with E-state index in [-0.39, 0.29) is 11.7 Å². The highest BCUT2D eigenvalue weighted by Crippen LogP contribution is 2.33. The summed E-state index contributed by atoms with van der Waals surface area (Å²) in [5.74, 6) is 0.438. The van der Waals surface area contributed by atoms with E-state index in [4.69, 9.17) is 4.74 Å². The van der Waals surface area contributed by atoms with Crippen LogP contribution in [-0.2, 0) is 4.79 Å². The van der Waals surface area contributed by atoms with Gasteiger partial charge in [-0.1, -0.05) is 22.0 Å². The third kappa shape index (κ3) is 4.35. The quantitative estimate of drug-likeness (QED) is 0.703. The average molecular weight is 427 g/mol. The summed E-state index contributed by atoms with van der Waals surface area (Å²) >= 11 is 6.81. The molecule has 22 heavy (non-hydrogen) atoms. The molecule has 114 valence electrons. The van der Waals surface area contributed by atoms with Gasteiger partial charge in [0.15, 0.2) is 0 Å². The van der Waals surface area contributed by atoms with Gasteiger partial charge in [0.05, 0.1) is 11.6 Å². The zero-order valence-electron chi connectivity index (χ0n) is 11.6. The lowest BCUT2D eigenvalue weighted by Gasteiger charge is -2.08. The maximum Gasteiger partial charge on any atom is 0.248 e. The monoisotopic (exact) mass is 425 g/mol. The summed E-state index contributed by atoms with van der Waals surface area (Å²) in [7, 11) is 1.57. The zero-order chi connectivity index (χ0) is 16.1. The van der Waals surface area contributed by atoms with Crippen LogP contribution < -0.4 is 10.1 Å². The predicted octanol–water partition coefficient (Wildman–Crippen LogP) is 4.58. The Balaban J connectivity index is 2.16. The molecule has 0 saturated carbocycles. The maximum absolute atomic E-state index is 11.9. The molecular weight excluding hydrogens is 414 g/mol. The van der Waals surface area contributed by atoms with Gasteiger partial charge in [-0.15, -0.1) is 0 Å². The molecule has 4 nitrogen and oxygen atoms in total. The first kappa shape index (κ1) is 16.6. The summed E-state index contributed by atoms with van der Waals surface area (Å²) in [4.78, 5) is 11.9. The molecule has 2 N–H and O–H groups in total. The normalized spacial score (nSPS) is 10.7. The van der Waals surface area contributed by atoms with Crippen molar-refractivity contribution in [2.45, 2.75) is 0 Å². The number of amides is 1. The molecule has 1 amide bonds. The number of halogens is 2. The number of carbonyl (C=O) groups excluding carboxylic acids is 1. The van der Waals surface area contributed by atoms with E-state index < -0.39 is 0 Å². The molecule has 0 aliphatic rings. The van der Waals surface area contributed by atoms with E-state index in [0.29, 0.717) is 11.4 Å². The topological polar surface area (TPSA) is 58.6 Å². The molecule has 0 bridgehead atoms. The Labute approximate surface area is 145 Å². The van der Waals surface area contributed by atoms with E-state index in [1.165, 1.54) is 18.2 Å². The number of anilines is 1. The molecule has 0 spiro atoms. The number of phenols is 1. The lowest BCUT2D eigenvalue weighted by Crippen LogP contribution is -2.07. The minimum atomic E-state index is -0.302. The van der Waals surface area contributed by atoms with Crippen LogP contribution in [0.5, 0.6) is 11.5 Å². The summed E-state index contributed by atoms with van der Waals surface area (Å²) < 4.78 is 6.97. The van der Waals surface area contributed by atoms with Gasteiger partial charge in [-0.3, -0.25) is 4.79 Å². The second-order valence-corrected chi connectivity index (χ2v) is 6.15. The highest BCUT2D eigenvalue weighted by molar-refractivity contribution is 9.11. The van der Waals surface area contributed by atoms with E-state index >= 15 is 0 Å². The maximum atomic E-state index is 11.9. The van der Waals surface area contributed by atoms with Gasteiger partial charge in [-0.05, 0) is 46.3 Å². The van der Waals surface area contributed by atoms with Crippen LogP contribution in [0.4, 0.5) is 5.69 Å². The van der Waals surface area contributed by atoms with Crippen LogP contribution in [0.25, 0.3) is 6.08 Å². The van der Waals surface area contributed by atoms with E-state index in [1.807, 2.05) is 12.1 Å². The number of phenolic OH excluding ortho intramolecular Hbond substituents is 1. The SMILES string of the molecule is COc1c(Br)cc(Br)cc1/C=C/C(=O)Nc1cccc(O)c1. The summed E-state index contributed by atoms with van der Waals surface area (Å²) in [6, 6.07) is 10.1. The molecule has 0 saturated heterocycles. The third-order valence-electron chi connectivity index (χ3n) is 2.77. The van der Waals surface area contributed by atoms with Gasteiger partial charge in [0, 0.05) is 27.9 Å². The fraction of sp³-hybridized carbons (Fsp3) is 0.0625. The second kappa shape index (κ2) is 7.47. The van der Waals surface area contributed by atoms with Crippen molar-refractivity contribution < 1.29 is 14.6 Å². The molecule has 0 aliphatic carbocycles. The molecule has 0 aliphatic heterocycles. The van der Waals surface area contributed by atoms with Crippen molar-refractivity contribution in [2.24, 2.45) is 0 Å². The Hall–Kier alpha value is -1.79. The molecule has 2 aromatic rings. The van der Waals surface area contributed by atoms with Crippen molar-refractivity contribution in [1.82, 2.24) is 0 Å². The number of rotatable bonds is 4. The standard InChI is InChI=1S/C16H13Br2NO3/c1-22-16-10(7-11(17)8-14(16)18)5-6-15(21)19-12-3-2-4-13(20)9-12/h2-9,20H,1H3,(H,19,21)/b6-5+. The second-order valence-electron chi connectivity index (χ2n) is 4.38. The van der Waals surface area contributed by atoms with Crippen LogP contribution in [0.15, 0.2) is 51.4 Å². The molecule has 2 rings (SSSR count). The number of hydrogen-bond acceptors (Lipinski definition) is 3. The Kier molecular flexibility index (Phi) is 5.63. The summed E-state index contributed by atoms with van der Waals surface area (Å²) in [5.41, 5.74) is 1.28. The van der Waals surface area contributed by atoms with E-state index in [9.17, 15) is 9.90 Å². The predicted molar refractivity (Wildman–Crippen MR) is 94.2 cm³/mol. The average Bonchev–Trinajstić information content (AvgIpc) is 2.44. The van der Waals surface area contributed by atoms with Gasteiger partial charge >= 0.3 is 0 Å². The molecule has 0 fully saturated rings. The molecular formula is C16H13Br2NO3. The molecule has 0 heterocycles. The Bertz CT molecular complexity index is 729. The first-order valence-corrected chi connectivity index (χ1v) is 7.89. The first-order valence-electron chi connectivity index (χ1n) is 6.30. The molecule has 0 aromatic heterocycles. The largest absolute Gasteiger partial charge is 0.508 e. The smallest absolute Gasteiger partial charge is 0.248 e. The number of carbonyl (C=O) groups is 1. The van der Waals surface area contributed by atoms with Gasteiger partial charge in [-0.2, -0.15) is 0 Å². The van der Waals surface area contributed by atoms with Gasteiger partial charge in [-0.25, -0.2) is 0 Å². The van der Waals surface area contributed by atoms with Crippen molar-refractivity contribution in [3.8, 4) is 11.5 Å². The number of ether oxygens (including phenoxy) is 1. The minimum absolute atomic E-state index is 0.0966. The van der Waals surface area contributed by atoms with Crippen molar-refractivity contribution in [1.29, 1.82) is 0 Å². The fourth-order valence-electron chi connectivity index (χ4n) is 1.85. The van der Waals surface area contributed by atoms with E-state index in [0.717, 1.165) is 14.5 Å². The molecule has 2 aromatic carbocycles. The minimum Gasteiger partial charge on any atom is -0.508 e. The lowest BCUT2D eigenvalue weighted by molar-refractivity contribution is -0.111. The van der Waals surface area contributed by atoms with Crippen LogP contribution >= 0.6 is 31.9 Å². The Morgan fingerprint density at radius 3 is 2.73 bits per heavy atom. The Morgan fingerprint density at radius 2 is 2.05 bits per heavy atom. The first-order chi connectivity index (χ1) is 10.5. The van der Waals surface area contributed by atoms with Gasteiger partial charge in [0.1, 0.15) is 11.5 Å². The van der Waals surface area contributed by atoms with Crippen molar-refractivity contribution in [3.63, 3.8) is 0 Å². The Morgan fingerprint density at radius 1 is 1.27 bits per heavy atom. The van der Waals surface area contributed by atoms with Gasteiger partial charge in [0.2, 0.25) is 5.91 Å². The highest BCUT2D eigenvalue weighted by atomic mass is 79.9. The lowest BCUT2D eigenvalue weighted by atomic mass is 10.2. The van der Waals surface area contributed by atoms with Gasteiger partial charge < -0.3 is 15.2 Å². The van der Waals surface area contributed by atoms with Crippen molar-refractivity contribution in [3.05, 3.63) is 57.0 Å². The molecule has 6 heteroatoms. The van der Waals surface area contributed by atoms with Crippen LogP contribution in [0, 0.1) is 0 Å². The summed E-state index contributed by atoms with van der Waals surface area (Å²) in [6.07, 6.45) is 3.06. The van der Waals surface area contributed by atoms with Crippen LogP contribution in [0.3, 0.4) is 0 Å². The summed E-state index contributed by atoms with van der Waals surface area (Å²) in [6.45, 7) is 0. The van der Waals surface area contributed by atoms with Crippen LogP contribution in [-0.4, -0.2) is 18.1 Å². The molecule has 0 unspecified atom stereocenters.